The molecular formula is C9H10N2S. The van der Waals surface area contributed by atoms with Crippen molar-refractivity contribution >= 4 is 11.3 Å². The number of hydrogen-bond acceptors (Lipinski definition) is 3. The molecule has 1 aromatic rings. The standard InChI is InChI=1S/C9H10N2S/c1-7-5-12-8(11-7)4-9(6-10)2-3-9/h5H,2-4H2,1H3. The molecule has 0 N–H and O–H groups in total. The van der Waals surface area contributed by atoms with Crippen LogP contribution in [0.15, 0.2) is 5.38 Å². The molecule has 0 atom stereocenters. The predicted octanol–water partition coefficient (Wildman–Crippen LogP) is 2.30. The number of thiazole rings is 1. The molecule has 12 heavy (non-hydrogen) atoms. The summed E-state index contributed by atoms with van der Waals surface area (Å²) < 4.78 is 0. The van der Waals surface area contributed by atoms with Crippen molar-refractivity contribution in [2.75, 3.05) is 0 Å². The van der Waals surface area contributed by atoms with Gasteiger partial charge in [-0.15, -0.1) is 11.3 Å². The average molecular weight is 178 g/mol. The van der Waals surface area contributed by atoms with Gasteiger partial charge in [-0.1, -0.05) is 0 Å². The monoisotopic (exact) mass is 178 g/mol. The second-order valence-corrected chi connectivity index (χ2v) is 4.39. The average Bonchev–Trinajstić information content (AvgIpc) is 2.71. The lowest BCUT2D eigenvalue weighted by atomic mass is 10.1. The van der Waals surface area contributed by atoms with Crippen LogP contribution in [0.3, 0.4) is 0 Å². The fraction of sp³-hybridized carbons (Fsp3) is 0.556. The molecule has 0 bridgehead atoms. The van der Waals surface area contributed by atoms with E-state index in [1.165, 1.54) is 0 Å². The molecule has 0 unspecified atom stereocenters. The Hall–Kier alpha value is -0.880. The van der Waals surface area contributed by atoms with E-state index in [9.17, 15) is 0 Å². The molecule has 0 spiro atoms. The van der Waals surface area contributed by atoms with Crippen molar-refractivity contribution in [1.82, 2.24) is 4.98 Å². The Kier molecular flexibility index (Phi) is 1.66. The third kappa shape index (κ3) is 1.35. The SMILES string of the molecule is Cc1csc(CC2(C#N)CC2)n1. The van der Waals surface area contributed by atoms with Crippen LogP contribution in [0.2, 0.25) is 0 Å². The van der Waals surface area contributed by atoms with Crippen LogP contribution in [-0.4, -0.2) is 4.98 Å². The lowest BCUT2D eigenvalue weighted by Gasteiger charge is -1.99. The zero-order valence-corrected chi connectivity index (χ0v) is 7.82. The summed E-state index contributed by atoms with van der Waals surface area (Å²) in [7, 11) is 0. The van der Waals surface area contributed by atoms with Crippen LogP contribution in [0.5, 0.6) is 0 Å². The van der Waals surface area contributed by atoms with E-state index in [2.05, 4.69) is 11.1 Å². The van der Waals surface area contributed by atoms with Crippen LogP contribution < -0.4 is 0 Å². The number of rotatable bonds is 2. The minimum Gasteiger partial charge on any atom is -0.247 e. The highest BCUT2D eigenvalue weighted by atomic mass is 32.1. The van der Waals surface area contributed by atoms with Gasteiger partial charge in [0.15, 0.2) is 0 Å². The third-order valence-electron chi connectivity index (χ3n) is 2.25. The molecule has 0 aliphatic heterocycles. The van der Waals surface area contributed by atoms with Crippen LogP contribution in [-0.2, 0) is 6.42 Å². The van der Waals surface area contributed by atoms with Crippen molar-refractivity contribution in [2.45, 2.75) is 26.2 Å². The molecule has 1 aliphatic rings. The van der Waals surface area contributed by atoms with Gasteiger partial charge >= 0.3 is 0 Å². The van der Waals surface area contributed by atoms with Gasteiger partial charge in [-0.3, -0.25) is 0 Å². The zero-order chi connectivity index (χ0) is 8.60. The minimum atomic E-state index is -0.0374. The van der Waals surface area contributed by atoms with E-state index in [4.69, 9.17) is 5.26 Å². The summed E-state index contributed by atoms with van der Waals surface area (Å²) in [5.41, 5.74) is 1.04. The molecule has 2 rings (SSSR count). The maximum Gasteiger partial charge on any atom is 0.0944 e. The van der Waals surface area contributed by atoms with Gasteiger partial charge in [0.05, 0.1) is 16.5 Å². The van der Waals surface area contributed by atoms with Gasteiger partial charge in [-0.05, 0) is 19.8 Å². The summed E-state index contributed by atoms with van der Waals surface area (Å²) in [6.45, 7) is 1.99. The van der Waals surface area contributed by atoms with E-state index >= 15 is 0 Å². The van der Waals surface area contributed by atoms with E-state index in [0.717, 1.165) is 30.0 Å². The Balaban J connectivity index is 2.10. The molecule has 0 aromatic carbocycles. The topological polar surface area (TPSA) is 36.7 Å². The van der Waals surface area contributed by atoms with Crippen LogP contribution in [0.25, 0.3) is 0 Å². The smallest absolute Gasteiger partial charge is 0.0944 e. The molecule has 0 saturated heterocycles. The molecule has 62 valence electrons. The molecular weight excluding hydrogens is 168 g/mol. The van der Waals surface area contributed by atoms with Gasteiger partial charge in [0, 0.05) is 17.5 Å². The van der Waals surface area contributed by atoms with E-state index in [1.807, 2.05) is 12.3 Å². The van der Waals surface area contributed by atoms with Crippen molar-refractivity contribution in [3.05, 3.63) is 16.1 Å². The Morgan fingerprint density at radius 1 is 1.75 bits per heavy atom. The minimum absolute atomic E-state index is 0.0374. The zero-order valence-electron chi connectivity index (χ0n) is 7.00. The van der Waals surface area contributed by atoms with Gasteiger partial charge in [-0.25, -0.2) is 4.98 Å². The highest BCUT2D eigenvalue weighted by Gasteiger charge is 2.43. The third-order valence-corrected chi connectivity index (χ3v) is 3.21. The first kappa shape index (κ1) is 7.75. The molecule has 1 aromatic heterocycles. The van der Waals surface area contributed by atoms with Crippen molar-refractivity contribution < 1.29 is 0 Å². The normalized spacial score (nSPS) is 18.7. The summed E-state index contributed by atoms with van der Waals surface area (Å²) in [6.07, 6.45) is 2.98. The Morgan fingerprint density at radius 3 is 2.92 bits per heavy atom. The van der Waals surface area contributed by atoms with Crippen LogP contribution in [0.4, 0.5) is 0 Å². The largest absolute Gasteiger partial charge is 0.247 e. The lowest BCUT2D eigenvalue weighted by molar-refractivity contribution is 0.660. The fourth-order valence-electron chi connectivity index (χ4n) is 1.25. The highest BCUT2D eigenvalue weighted by Crippen LogP contribution is 2.47. The van der Waals surface area contributed by atoms with Gasteiger partial charge in [-0.2, -0.15) is 5.26 Å². The summed E-state index contributed by atoms with van der Waals surface area (Å²) in [5, 5.41) is 12.0. The number of nitriles is 1. The molecule has 0 amide bonds. The fourth-order valence-corrected chi connectivity index (χ4v) is 2.17. The van der Waals surface area contributed by atoms with E-state index in [0.29, 0.717) is 0 Å². The van der Waals surface area contributed by atoms with E-state index < -0.39 is 0 Å². The summed E-state index contributed by atoms with van der Waals surface area (Å²) in [4.78, 5) is 4.35. The van der Waals surface area contributed by atoms with Gasteiger partial charge in [0.1, 0.15) is 0 Å². The molecule has 3 heteroatoms. The van der Waals surface area contributed by atoms with Crippen molar-refractivity contribution in [2.24, 2.45) is 5.41 Å². The molecule has 1 fully saturated rings. The Labute approximate surface area is 75.9 Å². The second-order valence-electron chi connectivity index (χ2n) is 3.45. The van der Waals surface area contributed by atoms with E-state index in [-0.39, 0.29) is 5.41 Å². The molecule has 2 nitrogen and oxygen atoms in total. The first-order valence-electron chi connectivity index (χ1n) is 4.06. The highest BCUT2D eigenvalue weighted by molar-refractivity contribution is 7.09. The second kappa shape index (κ2) is 2.56. The van der Waals surface area contributed by atoms with Gasteiger partial charge < -0.3 is 0 Å². The molecule has 1 aliphatic carbocycles. The summed E-state index contributed by atoms with van der Waals surface area (Å²) >= 11 is 1.67. The van der Waals surface area contributed by atoms with Gasteiger partial charge in [0.2, 0.25) is 0 Å². The van der Waals surface area contributed by atoms with Crippen LogP contribution >= 0.6 is 11.3 Å². The van der Waals surface area contributed by atoms with Crippen molar-refractivity contribution in [3.8, 4) is 6.07 Å². The van der Waals surface area contributed by atoms with Crippen LogP contribution in [0, 0.1) is 23.7 Å². The Morgan fingerprint density at radius 2 is 2.50 bits per heavy atom. The number of aryl methyl sites for hydroxylation is 1. The molecule has 1 heterocycles. The lowest BCUT2D eigenvalue weighted by Crippen LogP contribution is -2.00. The summed E-state index contributed by atoms with van der Waals surface area (Å²) in [5.74, 6) is 0. The predicted molar refractivity (Wildman–Crippen MR) is 47.8 cm³/mol. The van der Waals surface area contributed by atoms with Crippen LogP contribution in [0.1, 0.15) is 23.5 Å². The first-order valence-corrected chi connectivity index (χ1v) is 4.94. The van der Waals surface area contributed by atoms with Crippen molar-refractivity contribution in [1.29, 1.82) is 5.26 Å². The molecule has 0 radical (unpaired) electrons. The number of hydrogen-bond donors (Lipinski definition) is 0. The number of nitrogens with zero attached hydrogens (tertiary/aromatic N) is 2. The van der Waals surface area contributed by atoms with Gasteiger partial charge in [0.25, 0.3) is 0 Å². The number of aromatic nitrogens is 1. The maximum absolute atomic E-state index is 8.85. The van der Waals surface area contributed by atoms with E-state index in [1.54, 1.807) is 11.3 Å². The Bertz CT molecular complexity index is 331. The molecule has 1 saturated carbocycles. The quantitative estimate of drug-likeness (QED) is 0.696. The first-order chi connectivity index (χ1) is 5.74. The summed E-state index contributed by atoms with van der Waals surface area (Å²) in [6, 6.07) is 2.38. The van der Waals surface area contributed by atoms with Crippen molar-refractivity contribution in [3.63, 3.8) is 0 Å². The maximum atomic E-state index is 8.85.